The van der Waals surface area contributed by atoms with Crippen LogP contribution in [-0.4, -0.2) is 61.5 Å². The van der Waals surface area contributed by atoms with Gasteiger partial charge >= 0.3 is 0 Å². The number of carbonyl (C=O) groups excluding carboxylic acids is 1. The third-order valence-corrected chi connectivity index (χ3v) is 8.15. The number of fused-ring (bicyclic) bond motifs is 2. The number of nitrogen functional groups attached to an aromatic ring is 1. The number of hydrogen-bond donors (Lipinski definition) is 2. The second-order valence-electron chi connectivity index (χ2n) is 10.9. The van der Waals surface area contributed by atoms with Crippen LogP contribution in [0.1, 0.15) is 36.1 Å². The van der Waals surface area contributed by atoms with E-state index in [0.717, 1.165) is 66.9 Å². The van der Waals surface area contributed by atoms with Crippen molar-refractivity contribution in [2.24, 2.45) is 0 Å². The number of imidazole rings is 1. The molecule has 2 aliphatic rings. The van der Waals surface area contributed by atoms with Crippen molar-refractivity contribution < 1.29 is 9.21 Å². The van der Waals surface area contributed by atoms with Crippen LogP contribution in [0.5, 0.6) is 0 Å². The minimum absolute atomic E-state index is 0.0598. The number of carbonyl (C=O) groups is 1. The summed E-state index contributed by atoms with van der Waals surface area (Å²) in [6, 6.07) is 14.8. The summed E-state index contributed by atoms with van der Waals surface area (Å²) in [5, 5.41) is 3.22. The van der Waals surface area contributed by atoms with Crippen LogP contribution in [0.15, 0.2) is 71.9 Å². The van der Waals surface area contributed by atoms with Crippen molar-refractivity contribution >= 4 is 22.9 Å². The van der Waals surface area contributed by atoms with Gasteiger partial charge < -0.3 is 20.4 Å². The van der Waals surface area contributed by atoms with Gasteiger partial charge in [0.25, 0.3) is 0 Å². The molecule has 43 heavy (non-hydrogen) atoms. The van der Waals surface area contributed by atoms with Crippen molar-refractivity contribution in [3.05, 3.63) is 84.4 Å². The van der Waals surface area contributed by atoms with Gasteiger partial charge in [-0.1, -0.05) is 12.6 Å². The average molecular weight is 577 g/mol. The van der Waals surface area contributed by atoms with E-state index >= 15 is 0 Å². The van der Waals surface area contributed by atoms with Crippen LogP contribution in [0, 0.1) is 6.92 Å². The van der Waals surface area contributed by atoms with Crippen molar-refractivity contribution in [2.45, 2.75) is 45.1 Å². The van der Waals surface area contributed by atoms with Crippen LogP contribution >= 0.6 is 0 Å². The molecule has 1 aliphatic heterocycles. The van der Waals surface area contributed by atoms with Gasteiger partial charge in [-0.3, -0.25) is 9.36 Å². The van der Waals surface area contributed by atoms with Gasteiger partial charge in [0.2, 0.25) is 11.8 Å². The molecule has 0 radical (unpaired) electrons. The molecule has 3 N–H and O–H groups in total. The Morgan fingerprint density at radius 1 is 1.09 bits per heavy atom. The largest absolute Gasteiger partial charge is 0.440 e. The van der Waals surface area contributed by atoms with Crippen LogP contribution in [0.25, 0.3) is 39.8 Å². The monoisotopic (exact) mass is 576 g/mol. The molecule has 0 spiro atoms. The molecule has 7 rings (SSSR count). The molecule has 5 heterocycles. The number of nitrogens with one attached hydrogen (secondary N) is 1. The zero-order valence-corrected chi connectivity index (χ0v) is 24.6. The number of benzene rings is 1. The summed E-state index contributed by atoms with van der Waals surface area (Å²) in [7, 11) is 1.97. The molecule has 1 fully saturated rings. The summed E-state index contributed by atoms with van der Waals surface area (Å²) < 4.78 is 7.76. The zero-order valence-electron chi connectivity index (χ0n) is 24.6. The van der Waals surface area contributed by atoms with E-state index in [0.29, 0.717) is 29.3 Å². The van der Waals surface area contributed by atoms with E-state index in [2.05, 4.69) is 44.6 Å². The molecule has 1 amide bonds. The smallest absolute Gasteiger partial charge is 0.245 e. The average Bonchev–Trinajstić information content (AvgIpc) is 3.79. The van der Waals surface area contributed by atoms with Crippen molar-refractivity contribution in [3.8, 4) is 28.7 Å². The number of likely N-dealkylation sites (tertiary alicyclic amines) is 1. The van der Waals surface area contributed by atoms with Crippen LogP contribution in [-0.2, 0) is 17.6 Å². The van der Waals surface area contributed by atoms with E-state index in [4.69, 9.17) is 20.1 Å². The van der Waals surface area contributed by atoms with E-state index in [1.165, 1.54) is 23.6 Å². The van der Waals surface area contributed by atoms with Gasteiger partial charge in [-0.2, -0.15) is 0 Å². The fourth-order valence-corrected chi connectivity index (χ4v) is 5.80. The van der Waals surface area contributed by atoms with E-state index in [1.807, 2.05) is 43.1 Å². The first kappa shape index (κ1) is 28.3. The van der Waals surface area contributed by atoms with Crippen molar-refractivity contribution in [3.63, 3.8) is 0 Å². The van der Waals surface area contributed by atoms with Crippen LogP contribution in [0.4, 0.5) is 5.82 Å². The molecule has 5 aromatic rings. The van der Waals surface area contributed by atoms with E-state index in [-0.39, 0.29) is 5.91 Å². The molecule has 0 unspecified atom stereocenters. The van der Waals surface area contributed by atoms with Gasteiger partial charge in [0.1, 0.15) is 22.8 Å². The second-order valence-corrected chi connectivity index (χ2v) is 10.9. The quantitative estimate of drug-likeness (QED) is 0.283. The molecule has 220 valence electrons. The van der Waals surface area contributed by atoms with E-state index < -0.39 is 0 Å². The Morgan fingerprint density at radius 2 is 1.91 bits per heavy atom. The topological polar surface area (TPSA) is 128 Å². The Balaban J connectivity index is 0.000000232. The van der Waals surface area contributed by atoms with Crippen molar-refractivity contribution in [2.75, 3.05) is 25.9 Å². The Bertz CT molecular complexity index is 1780. The lowest BCUT2D eigenvalue weighted by Crippen LogP contribution is -2.43. The maximum Gasteiger partial charge on any atom is 0.245 e. The zero-order chi connectivity index (χ0) is 29.9. The number of nitrogens with two attached hydrogens (primary N) is 1. The summed E-state index contributed by atoms with van der Waals surface area (Å²) >= 11 is 0. The summed E-state index contributed by atoms with van der Waals surface area (Å²) in [6.07, 6.45) is 10.3. The van der Waals surface area contributed by atoms with Crippen LogP contribution < -0.4 is 11.1 Å². The summed E-state index contributed by atoms with van der Waals surface area (Å²) in [4.78, 5) is 31.4. The fraction of sp³-hybridized carbons (Fsp3) is 0.303. The highest BCUT2D eigenvalue weighted by Gasteiger charge is 2.22. The lowest BCUT2D eigenvalue weighted by molar-refractivity contribution is -0.127. The van der Waals surface area contributed by atoms with Gasteiger partial charge in [-0.25, -0.2) is 19.9 Å². The third-order valence-electron chi connectivity index (χ3n) is 8.15. The Kier molecular flexibility index (Phi) is 8.02. The van der Waals surface area contributed by atoms with Crippen molar-refractivity contribution in [1.82, 2.24) is 34.7 Å². The molecule has 10 nitrogen and oxygen atoms in total. The molecule has 1 saturated heterocycles. The number of aromatic nitrogens is 5. The highest BCUT2D eigenvalue weighted by Crippen LogP contribution is 2.33. The maximum atomic E-state index is 11.1. The standard InChI is InChI=1S/C24H20N6O.C9H16N2O/c1-14-13-27-24(31-14)20-10-9-19-23(29-20)30(17-8-7-15-4-2-5-16(15)12-17)22(28-19)18-6-3-11-26-21(18)25;1-3-9(12)11-6-4-8(10-2)5-7-11/h3,6-13H,2,4-5H2,1H3,(H2,25,26);3,8,10H,1,4-7H2,2H3. The normalized spacial score (nSPS) is 14.8. The molecule has 0 bridgehead atoms. The number of aryl methyl sites for hydroxylation is 3. The molecule has 1 aromatic carbocycles. The second kappa shape index (κ2) is 12.2. The predicted molar refractivity (Wildman–Crippen MR) is 168 cm³/mol. The third kappa shape index (κ3) is 5.78. The molecule has 0 saturated carbocycles. The lowest BCUT2D eigenvalue weighted by Gasteiger charge is -2.30. The molecule has 4 aromatic heterocycles. The number of piperidine rings is 1. The summed E-state index contributed by atoms with van der Waals surface area (Å²) in [6.45, 7) is 7.05. The first-order valence-electron chi connectivity index (χ1n) is 14.7. The first-order chi connectivity index (χ1) is 20.9. The van der Waals surface area contributed by atoms with Gasteiger partial charge in [-0.05, 0) is 99.7 Å². The minimum Gasteiger partial charge on any atom is -0.440 e. The molecular formula is C33H36N8O2. The number of amides is 1. The highest BCUT2D eigenvalue weighted by atomic mass is 16.4. The molecule has 0 atom stereocenters. The van der Waals surface area contributed by atoms with E-state index in [9.17, 15) is 4.79 Å². The van der Waals surface area contributed by atoms with Gasteiger partial charge in [0.05, 0.1) is 11.8 Å². The van der Waals surface area contributed by atoms with Crippen molar-refractivity contribution in [1.29, 1.82) is 0 Å². The Hall–Kier alpha value is -4.83. The van der Waals surface area contributed by atoms with Crippen LogP contribution in [0.3, 0.4) is 0 Å². The number of hydrogen-bond acceptors (Lipinski definition) is 8. The number of oxazole rings is 1. The number of nitrogens with zero attached hydrogens (tertiary/aromatic N) is 6. The molecular weight excluding hydrogens is 540 g/mol. The highest BCUT2D eigenvalue weighted by molar-refractivity contribution is 5.87. The summed E-state index contributed by atoms with van der Waals surface area (Å²) in [5.74, 6) is 2.44. The predicted octanol–water partition coefficient (Wildman–Crippen LogP) is 4.90. The van der Waals surface area contributed by atoms with E-state index in [1.54, 1.807) is 12.4 Å². The lowest BCUT2D eigenvalue weighted by atomic mass is 10.1. The molecule has 10 heteroatoms. The minimum atomic E-state index is 0.0598. The number of pyridine rings is 2. The SMILES string of the molecule is C=CC(=O)N1CCC(NC)CC1.Cc1cnc(-c2ccc3nc(-c4cccnc4N)n(-c4ccc5c(c4)CCC5)c3n2)o1. The molecule has 1 aliphatic carbocycles. The van der Waals surface area contributed by atoms with Gasteiger partial charge in [-0.15, -0.1) is 0 Å². The Morgan fingerprint density at radius 3 is 2.63 bits per heavy atom. The Labute approximate surface area is 250 Å². The van der Waals surface area contributed by atoms with Gasteiger partial charge in [0, 0.05) is 31.0 Å². The number of anilines is 1. The maximum absolute atomic E-state index is 11.1. The van der Waals surface area contributed by atoms with Gasteiger partial charge in [0.15, 0.2) is 11.5 Å². The summed E-state index contributed by atoms with van der Waals surface area (Å²) in [5.41, 5.74) is 13.0. The first-order valence-corrected chi connectivity index (χ1v) is 14.7. The fourth-order valence-electron chi connectivity index (χ4n) is 5.80. The number of rotatable bonds is 5. The van der Waals surface area contributed by atoms with Crippen LogP contribution in [0.2, 0.25) is 0 Å².